The fourth-order valence-electron chi connectivity index (χ4n) is 2.01. The molecule has 3 aromatic rings. The van der Waals surface area contributed by atoms with Gasteiger partial charge in [-0.15, -0.1) is 39.7 Å². The van der Waals surface area contributed by atoms with Gasteiger partial charge in [-0.05, 0) is 25.1 Å². The Morgan fingerprint density at radius 2 is 2.08 bits per heavy atom. The monoisotopic (exact) mass is 480 g/mol. The van der Waals surface area contributed by atoms with Crippen molar-refractivity contribution < 1.29 is 4.79 Å². The fraction of sp³-hybridized carbons (Fsp3) is 0.0667. The van der Waals surface area contributed by atoms with Crippen LogP contribution in [0.5, 0.6) is 0 Å². The lowest BCUT2D eigenvalue weighted by molar-refractivity contribution is 0.109. The highest BCUT2D eigenvalue weighted by Crippen LogP contribution is 2.36. The summed E-state index contributed by atoms with van der Waals surface area (Å²) in [5, 5.41) is 6.51. The quantitative estimate of drug-likeness (QED) is 0.399. The topological polar surface area (TPSA) is 42.0 Å². The molecule has 0 aliphatic heterocycles. The maximum atomic E-state index is 11.4. The predicted molar refractivity (Wildman–Crippen MR) is 114 cm³/mol. The van der Waals surface area contributed by atoms with Crippen molar-refractivity contribution in [3.63, 3.8) is 0 Å². The van der Waals surface area contributed by atoms with Gasteiger partial charge in [-0.2, -0.15) is 0 Å². The molecule has 0 amide bonds. The third-order valence-electron chi connectivity index (χ3n) is 3.10. The van der Waals surface area contributed by atoms with Gasteiger partial charge in [0.2, 0.25) is 5.12 Å². The van der Waals surface area contributed by atoms with Crippen LogP contribution in [0.4, 0.5) is 10.8 Å². The number of carbonyl (C=O) groups excluding carboxylic acids is 1. The zero-order valence-corrected chi connectivity index (χ0v) is 17.9. The lowest BCUT2D eigenvalue weighted by atomic mass is 10.2. The summed E-state index contributed by atoms with van der Waals surface area (Å²) in [7, 11) is 0. The molecule has 1 N–H and O–H groups in total. The van der Waals surface area contributed by atoms with Gasteiger partial charge < -0.3 is 5.32 Å². The van der Waals surface area contributed by atoms with E-state index in [0.717, 1.165) is 16.1 Å². The maximum absolute atomic E-state index is 11.4. The van der Waals surface area contributed by atoms with Crippen LogP contribution in [0.25, 0.3) is 11.3 Å². The van der Waals surface area contributed by atoms with Gasteiger partial charge in [0, 0.05) is 15.8 Å². The van der Waals surface area contributed by atoms with Crippen LogP contribution in [0, 0.1) is 6.92 Å². The summed E-state index contributed by atoms with van der Waals surface area (Å²) in [5.41, 5.74) is 2.45. The van der Waals surface area contributed by atoms with E-state index in [0.29, 0.717) is 25.7 Å². The van der Waals surface area contributed by atoms with Crippen LogP contribution in [0.15, 0.2) is 29.6 Å². The van der Waals surface area contributed by atoms with Gasteiger partial charge in [0.15, 0.2) is 5.13 Å². The van der Waals surface area contributed by atoms with Gasteiger partial charge in [0.05, 0.1) is 26.3 Å². The van der Waals surface area contributed by atoms with E-state index in [1.807, 2.05) is 30.5 Å². The third-order valence-corrected chi connectivity index (χ3v) is 6.12. The Labute approximate surface area is 173 Å². The number of thiazole rings is 1. The molecule has 0 spiro atoms. The molecule has 2 aromatic heterocycles. The summed E-state index contributed by atoms with van der Waals surface area (Å²) in [6.45, 7) is 1.96. The highest BCUT2D eigenvalue weighted by atomic mass is 79.9. The number of carbonyl (C=O) groups is 1. The third kappa shape index (κ3) is 4.15. The van der Waals surface area contributed by atoms with Crippen LogP contribution >= 0.6 is 75.5 Å². The molecule has 1 aromatic carbocycles. The second kappa shape index (κ2) is 8.21. The predicted octanol–water partition coefficient (Wildman–Crippen LogP) is 6.88. The van der Waals surface area contributed by atoms with Crippen molar-refractivity contribution in [2.45, 2.75) is 6.92 Å². The van der Waals surface area contributed by atoms with Crippen molar-refractivity contribution >= 4 is 91.4 Å². The zero-order chi connectivity index (χ0) is 16.6. The average molecular weight is 482 g/mol. The van der Waals surface area contributed by atoms with Crippen LogP contribution in [0.3, 0.4) is 0 Å². The van der Waals surface area contributed by atoms with Gasteiger partial charge >= 0.3 is 0 Å². The molecule has 3 rings (SSSR count). The second-order valence-electron chi connectivity index (χ2n) is 4.65. The Balaban J connectivity index is 0.00000208. The minimum absolute atomic E-state index is 0. The summed E-state index contributed by atoms with van der Waals surface area (Å²) in [6, 6.07) is 7.20. The molecule has 24 heavy (non-hydrogen) atoms. The highest BCUT2D eigenvalue weighted by Gasteiger charge is 2.14. The number of thiophene rings is 1. The lowest BCUT2D eigenvalue weighted by Crippen LogP contribution is -1.91. The minimum atomic E-state index is -0.233. The molecule has 0 radical (unpaired) electrons. The molecule has 0 aliphatic rings. The molecule has 0 saturated heterocycles. The molecular formula is C15H11BrCl2N2OS3. The van der Waals surface area contributed by atoms with E-state index in [-0.39, 0.29) is 22.1 Å². The summed E-state index contributed by atoms with van der Waals surface area (Å²) < 4.78 is 0. The number of aromatic nitrogens is 1. The van der Waals surface area contributed by atoms with Crippen molar-refractivity contribution in [3.8, 4) is 11.3 Å². The van der Waals surface area contributed by atoms with Crippen molar-refractivity contribution in [1.29, 1.82) is 0 Å². The number of hydrogen-bond donors (Lipinski definition) is 2. The van der Waals surface area contributed by atoms with E-state index in [2.05, 4.69) is 22.9 Å². The molecule has 9 heteroatoms. The smallest absolute Gasteiger partial charge is 0.226 e. The number of aryl methyl sites for hydroxylation is 1. The second-order valence-corrected chi connectivity index (χ2v) is 7.96. The Hall–Kier alpha value is -0.570. The molecule has 3 nitrogen and oxygen atoms in total. The number of halogens is 3. The van der Waals surface area contributed by atoms with Crippen molar-refractivity contribution in [3.05, 3.63) is 49.4 Å². The van der Waals surface area contributed by atoms with Crippen LogP contribution < -0.4 is 5.32 Å². The molecular weight excluding hydrogens is 471 g/mol. The number of nitrogens with one attached hydrogen (secondary N) is 1. The fourth-order valence-corrected chi connectivity index (χ4v) is 4.15. The Morgan fingerprint density at radius 1 is 1.33 bits per heavy atom. The lowest BCUT2D eigenvalue weighted by Gasteiger charge is -2.05. The summed E-state index contributed by atoms with van der Waals surface area (Å²) in [5.74, 6) is 0. The minimum Gasteiger partial charge on any atom is -0.330 e. The van der Waals surface area contributed by atoms with E-state index in [1.165, 1.54) is 22.7 Å². The molecule has 0 unspecified atom stereocenters. The first-order valence-electron chi connectivity index (χ1n) is 6.46. The van der Waals surface area contributed by atoms with Gasteiger partial charge in [-0.25, -0.2) is 4.98 Å². The van der Waals surface area contributed by atoms with Crippen molar-refractivity contribution in [1.82, 2.24) is 4.98 Å². The first-order chi connectivity index (χ1) is 11.0. The normalized spacial score (nSPS) is 10.3. The number of anilines is 2. The number of thiol groups is 1. The van der Waals surface area contributed by atoms with E-state index in [9.17, 15) is 4.79 Å². The van der Waals surface area contributed by atoms with Gasteiger partial charge in [0.25, 0.3) is 0 Å². The van der Waals surface area contributed by atoms with Crippen molar-refractivity contribution in [2.75, 3.05) is 5.32 Å². The van der Waals surface area contributed by atoms with E-state index in [4.69, 9.17) is 23.2 Å². The summed E-state index contributed by atoms with van der Waals surface area (Å²) >= 11 is 18.9. The number of nitrogens with zero attached hydrogens (tertiary/aromatic N) is 1. The first kappa shape index (κ1) is 19.8. The van der Waals surface area contributed by atoms with Crippen LogP contribution in [0.2, 0.25) is 10.0 Å². The molecule has 0 aliphatic carbocycles. The molecule has 2 heterocycles. The Kier molecular flexibility index (Phi) is 6.75. The number of benzene rings is 1. The van der Waals surface area contributed by atoms with Crippen LogP contribution in [-0.2, 0) is 0 Å². The molecule has 0 bridgehead atoms. The van der Waals surface area contributed by atoms with Crippen LogP contribution in [-0.4, -0.2) is 10.1 Å². The molecule has 0 atom stereocenters. The Morgan fingerprint density at radius 3 is 2.75 bits per heavy atom. The van der Waals surface area contributed by atoms with Gasteiger partial charge in [-0.1, -0.05) is 41.9 Å². The Bertz CT molecular complexity index is 895. The summed E-state index contributed by atoms with van der Waals surface area (Å²) in [4.78, 5) is 17.6. The maximum Gasteiger partial charge on any atom is 0.226 e. The number of rotatable bonds is 4. The van der Waals surface area contributed by atoms with Crippen molar-refractivity contribution in [2.24, 2.45) is 0 Å². The molecule has 0 saturated carbocycles. The highest BCUT2D eigenvalue weighted by molar-refractivity contribution is 8.93. The van der Waals surface area contributed by atoms with E-state index >= 15 is 0 Å². The summed E-state index contributed by atoms with van der Waals surface area (Å²) in [6.07, 6.45) is 0. The van der Waals surface area contributed by atoms with E-state index < -0.39 is 0 Å². The molecule has 126 valence electrons. The average Bonchev–Trinajstić information content (AvgIpc) is 3.10. The zero-order valence-electron chi connectivity index (χ0n) is 12.2. The molecule has 0 fully saturated rings. The first-order valence-corrected chi connectivity index (χ1v) is 9.36. The number of hydrogen-bond acceptors (Lipinski definition) is 5. The van der Waals surface area contributed by atoms with E-state index in [1.54, 1.807) is 6.07 Å². The standard InChI is InChI=1S/C15H10Cl2N2OS3.BrH/c1-7-8(5-12(23-7)14(20)21)11-6-22-15(19-11)18-10-4-2-3-9(16)13(10)17;/h2-6H,1H3,(H,18,19)(H,20,21);1H. The van der Waals surface area contributed by atoms with Gasteiger partial charge in [-0.3, -0.25) is 4.79 Å². The largest absolute Gasteiger partial charge is 0.330 e. The SMILES string of the molecule is Br.Cc1sc(C(=O)S)cc1-c1csc(Nc2cccc(Cl)c2Cl)n1. The van der Waals surface area contributed by atoms with Gasteiger partial charge in [0.1, 0.15) is 0 Å². The van der Waals surface area contributed by atoms with Crippen LogP contribution in [0.1, 0.15) is 14.5 Å².